The van der Waals surface area contributed by atoms with Crippen LogP contribution in [-0.4, -0.2) is 8.07 Å². The fourth-order valence-corrected chi connectivity index (χ4v) is 16.7. The van der Waals surface area contributed by atoms with Crippen LogP contribution in [0.15, 0.2) is 250 Å². The van der Waals surface area contributed by atoms with Crippen molar-refractivity contribution in [3.8, 4) is 11.1 Å². The molecule has 0 atom stereocenters. The van der Waals surface area contributed by atoms with Crippen molar-refractivity contribution in [1.29, 1.82) is 0 Å². The lowest BCUT2D eigenvalue weighted by Crippen LogP contribution is -2.72. The number of fused-ring (bicyclic) bond motifs is 6. The maximum absolute atomic E-state index is 2.87. The van der Waals surface area contributed by atoms with Gasteiger partial charge in [0, 0.05) is 53.7 Å². The SMILES string of the molecule is c1ccc(N(c2ccccc2)c2ccc([Si]3(c4ccc(N(c5ccccc5)c5ccccc5)cc4)c4ccccc4-c4c3ccc3c4Sc4ccccc4S3)cc2)cc1. The number of hydrogen-bond acceptors (Lipinski definition) is 4. The second kappa shape index (κ2) is 15.0. The summed E-state index contributed by atoms with van der Waals surface area (Å²) in [6.45, 7) is 0. The lowest BCUT2D eigenvalue weighted by molar-refractivity contribution is 1.17. The normalized spacial score (nSPS) is 13.1. The fourth-order valence-electron chi connectivity index (χ4n) is 9.06. The van der Waals surface area contributed by atoms with Gasteiger partial charge in [-0.1, -0.05) is 163 Å². The lowest BCUT2D eigenvalue weighted by atomic mass is 10.1. The van der Waals surface area contributed by atoms with E-state index in [0.29, 0.717) is 0 Å². The van der Waals surface area contributed by atoms with Gasteiger partial charge in [0.05, 0.1) is 0 Å². The monoisotopic (exact) mass is 806 g/mol. The Kier molecular flexibility index (Phi) is 9.07. The zero-order valence-electron chi connectivity index (χ0n) is 32.2. The van der Waals surface area contributed by atoms with Crippen LogP contribution in [0.25, 0.3) is 11.1 Å². The van der Waals surface area contributed by atoms with E-state index >= 15 is 0 Å². The van der Waals surface area contributed by atoms with E-state index in [1.165, 1.54) is 51.5 Å². The van der Waals surface area contributed by atoms with Crippen molar-refractivity contribution in [3.63, 3.8) is 0 Å². The van der Waals surface area contributed by atoms with E-state index in [4.69, 9.17) is 0 Å². The Hall–Kier alpha value is -6.50. The Balaban J connectivity index is 1.12. The van der Waals surface area contributed by atoms with Crippen molar-refractivity contribution < 1.29 is 0 Å². The molecule has 0 N–H and O–H groups in total. The molecule has 2 heterocycles. The van der Waals surface area contributed by atoms with E-state index < -0.39 is 8.07 Å². The number of rotatable bonds is 8. The smallest absolute Gasteiger partial charge is 0.180 e. The van der Waals surface area contributed by atoms with Crippen LogP contribution in [0.2, 0.25) is 0 Å². The third-order valence-electron chi connectivity index (χ3n) is 11.6. The highest BCUT2D eigenvalue weighted by Crippen LogP contribution is 2.52. The Bertz CT molecular complexity index is 2720. The Morgan fingerprint density at radius 1 is 0.288 bits per heavy atom. The first kappa shape index (κ1) is 35.6. The van der Waals surface area contributed by atoms with Gasteiger partial charge in [-0.15, -0.1) is 0 Å². The summed E-state index contributed by atoms with van der Waals surface area (Å²) in [5, 5.41) is 5.65. The molecular formula is C54H38N2S2Si. The first-order valence-corrected chi connectivity index (χ1v) is 23.6. The fraction of sp³-hybridized carbons (Fsp3) is 0. The molecule has 2 aliphatic heterocycles. The molecule has 11 rings (SSSR count). The summed E-state index contributed by atoms with van der Waals surface area (Å²) < 4.78 is 0. The molecule has 0 aliphatic carbocycles. The van der Waals surface area contributed by atoms with Crippen molar-refractivity contribution in [2.24, 2.45) is 0 Å². The van der Waals surface area contributed by atoms with Gasteiger partial charge < -0.3 is 9.80 Å². The molecule has 0 bridgehead atoms. The quantitative estimate of drug-likeness (QED) is 0.141. The highest BCUT2D eigenvalue weighted by Gasteiger charge is 2.50. The summed E-state index contributed by atoms with van der Waals surface area (Å²) in [5.74, 6) is 0. The summed E-state index contributed by atoms with van der Waals surface area (Å²) in [6, 6.07) is 84.8. The molecule has 0 fully saturated rings. The predicted molar refractivity (Wildman–Crippen MR) is 253 cm³/mol. The number of hydrogen-bond donors (Lipinski definition) is 0. The van der Waals surface area contributed by atoms with Crippen molar-refractivity contribution in [2.45, 2.75) is 19.6 Å². The molecule has 2 nitrogen and oxygen atoms in total. The van der Waals surface area contributed by atoms with Crippen molar-refractivity contribution in [3.05, 3.63) is 231 Å². The van der Waals surface area contributed by atoms with Crippen LogP contribution in [0, 0.1) is 0 Å². The maximum Gasteiger partial charge on any atom is 0.180 e. The van der Waals surface area contributed by atoms with Gasteiger partial charge in [0.2, 0.25) is 0 Å². The van der Waals surface area contributed by atoms with Crippen LogP contribution in [0.4, 0.5) is 34.1 Å². The number of anilines is 6. The number of nitrogens with zero attached hydrogens (tertiary/aromatic N) is 2. The zero-order valence-corrected chi connectivity index (χ0v) is 34.8. The third kappa shape index (κ3) is 6.04. The van der Waals surface area contributed by atoms with Crippen LogP contribution in [0.3, 0.4) is 0 Å². The molecule has 0 aromatic heterocycles. The average molecular weight is 807 g/mol. The van der Waals surface area contributed by atoms with Crippen LogP contribution >= 0.6 is 23.5 Å². The molecule has 59 heavy (non-hydrogen) atoms. The zero-order chi connectivity index (χ0) is 39.2. The second-order valence-corrected chi connectivity index (χ2v) is 20.7. The van der Waals surface area contributed by atoms with Gasteiger partial charge in [-0.2, -0.15) is 0 Å². The molecule has 280 valence electrons. The van der Waals surface area contributed by atoms with E-state index in [9.17, 15) is 0 Å². The highest BCUT2D eigenvalue weighted by atomic mass is 32.2. The van der Waals surface area contributed by atoms with Gasteiger partial charge in [0.15, 0.2) is 8.07 Å². The molecule has 0 spiro atoms. The Morgan fingerprint density at radius 2 is 0.678 bits per heavy atom. The van der Waals surface area contributed by atoms with Crippen LogP contribution in [0.1, 0.15) is 0 Å². The molecule has 0 saturated heterocycles. The van der Waals surface area contributed by atoms with E-state index in [1.807, 2.05) is 23.5 Å². The lowest BCUT2D eigenvalue weighted by Gasteiger charge is -2.33. The minimum atomic E-state index is -2.87. The Labute approximate surface area is 355 Å². The molecule has 0 amide bonds. The van der Waals surface area contributed by atoms with Gasteiger partial charge in [-0.3, -0.25) is 0 Å². The number of para-hydroxylation sites is 4. The van der Waals surface area contributed by atoms with Gasteiger partial charge in [-0.05, 0) is 123 Å². The standard InChI is InChI=1S/C54H38N2S2Si/c1-5-17-39(18-6-1)55(40-19-7-2-8-20-40)43-29-33-45(34-30-43)59(46-35-31-44(32-36-46)56(41-21-9-3-10-22-41)42-23-11-4-12-24-42)51-28-16-13-25-47(51)53-52(59)38-37-50-54(53)58-49-27-15-14-26-48(49)57-50/h1-38H. The van der Waals surface area contributed by atoms with Crippen molar-refractivity contribution in [2.75, 3.05) is 9.80 Å². The maximum atomic E-state index is 2.48. The van der Waals surface area contributed by atoms with Crippen LogP contribution in [-0.2, 0) is 0 Å². The summed E-state index contributed by atoms with van der Waals surface area (Å²) in [4.78, 5) is 10.1. The molecule has 5 heteroatoms. The predicted octanol–water partition coefficient (Wildman–Crippen LogP) is 12.6. The van der Waals surface area contributed by atoms with E-state index in [0.717, 1.165) is 34.1 Å². The average Bonchev–Trinajstić information content (AvgIpc) is 3.62. The molecule has 0 unspecified atom stereocenters. The third-order valence-corrected chi connectivity index (χ3v) is 19.0. The summed E-state index contributed by atoms with van der Waals surface area (Å²) in [5.41, 5.74) is 9.55. The van der Waals surface area contributed by atoms with E-state index in [2.05, 4.69) is 240 Å². The molecule has 9 aromatic rings. The minimum Gasteiger partial charge on any atom is -0.311 e. The first-order valence-electron chi connectivity index (χ1n) is 20.0. The van der Waals surface area contributed by atoms with Gasteiger partial charge in [0.25, 0.3) is 0 Å². The van der Waals surface area contributed by atoms with E-state index in [1.54, 1.807) is 0 Å². The van der Waals surface area contributed by atoms with Crippen molar-refractivity contribution >= 4 is 86.5 Å². The number of benzene rings is 9. The Morgan fingerprint density at radius 3 is 1.15 bits per heavy atom. The summed E-state index contributed by atoms with van der Waals surface area (Å²) in [7, 11) is -2.87. The minimum absolute atomic E-state index is 1.13. The molecule has 0 radical (unpaired) electrons. The molecule has 0 saturated carbocycles. The largest absolute Gasteiger partial charge is 0.311 e. The molecular weight excluding hydrogens is 769 g/mol. The summed E-state index contributed by atoms with van der Waals surface area (Å²) in [6.07, 6.45) is 0. The van der Waals surface area contributed by atoms with E-state index in [-0.39, 0.29) is 0 Å². The van der Waals surface area contributed by atoms with Gasteiger partial charge >= 0.3 is 0 Å². The van der Waals surface area contributed by atoms with Crippen LogP contribution < -0.4 is 30.5 Å². The van der Waals surface area contributed by atoms with Gasteiger partial charge in [0.1, 0.15) is 0 Å². The highest BCUT2D eigenvalue weighted by molar-refractivity contribution is 8.05. The topological polar surface area (TPSA) is 6.48 Å². The van der Waals surface area contributed by atoms with Crippen molar-refractivity contribution in [1.82, 2.24) is 0 Å². The second-order valence-electron chi connectivity index (χ2n) is 14.9. The molecule has 9 aromatic carbocycles. The first-order chi connectivity index (χ1) is 29.3. The van der Waals surface area contributed by atoms with Gasteiger partial charge in [-0.25, -0.2) is 0 Å². The summed E-state index contributed by atoms with van der Waals surface area (Å²) >= 11 is 3.83. The molecule has 2 aliphatic rings. The van der Waals surface area contributed by atoms with Crippen LogP contribution in [0.5, 0.6) is 0 Å².